The predicted octanol–water partition coefficient (Wildman–Crippen LogP) is 3.52. The number of anilines is 1. The van der Waals surface area contributed by atoms with E-state index in [0.29, 0.717) is 0 Å². The first-order valence-electron chi connectivity index (χ1n) is 8.65. The maximum absolute atomic E-state index is 12.9. The number of hydrogen-bond donors (Lipinski definition) is 1. The molecule has 1 aliphatic carbocycles. The van der Waals surface area contributed by atoms with Gasteiger partial charge < -0.3 is 5.32 Å². The van der Waals surface area contributed by atoms with E-state index in [1.165, 1.54) is 5.56 Å². The summed E-state index contributed by atoms with van der Waals surface area (Å²) in [5, 5.41) is 3.13. The number of carbonyl (C=O) groups excluding carboxylic acids is 1. The number of rotatable bonds is 4. The number of hydrogen-bond acceptors (Lipinski definition) is 2. The summed E-state index contributed by atoms with van der Waals surface area (Å²) in [6.07, 6.45) is 7.75. The smallest absolute Gasteiger partial charge is 0.228 e. The molecule has 4 rings (SSSR count). The average molecular weight is 320 g/mol. The number of nitrogens with one attached hydrogen (secondary N) is 1. The van der Waals surface area contributed by atoms with Gasteiger partial charge in [0.05, 0.1) is 5.92 Å². The lowest BCUT2D eigenvalue weighted by molar-refractivity contribution is -0.122. The zero-order valence-electron chi connectivity index (χ0n) is 14.0. The van der Waals surface area contributed by atoms with E-state index < -0.39 is 0 Å². The van der Waals surface area contributed by atoms with Crippen LogP contribution in [0.25, 0.3) is 0 Å². The van der Waals surface area contributed by atoms with Gasteiger partial charge in [-0.15, -0.1) is 19.7 Å². The maximum Gasteiger partial charge on any atom is 0.228 e. The predicted molar refractivity (Wildman–Crippen MR) is 97.9 cm³/mol. The average Bonchev–Trinajstić information content (AvgIpc) is 3.11. The van der Waals surface area contributed by atoms with Gasteiger partial charge in [-0.1, -0.05) is 36.4 Å². The Kier molecular flexibility index (Phi) is 3.33. The molecule has 1 spiro atoms. The van der Waals surface area contributed by atoms with Crippen molar-refractivity contribution in [3.05, 3.63) is 67.8 Å². The highest BCUT2D eigenvalue weighted by Crippen LogP contribution is 2.64. The van der Waals surface area contributed by atoms with Gasteiger partial charge in [0.15, 0.2) is 0 Å². The zero-order chi connectivity index (χ0) is 16.9. The summed E-state index contributed by atoms with van der Waals surface area (Å²) < 4.78 is 0. The number of amides is 1. The second-order valence-electron chi connectivity index (χ2n) is 7.29. The number of carbonyl (C=O) groups is 1. The van der Waals surface area contributed by atoms with E-state index in [2.05, 4.69) is 42.1 Å². The van der Waals surface area contributed by atoms with Gasteiger partial charge in [-0.3, -0.25) is 9.69 Å². The zero-order valence-corrected chi connectivity index (χ0v) is 14.0. The van der Waals surface area contributed by atoms with Crippen molar-refractivity contribution in [1.82, 2.24) is 4.90 Å². The van der Waals surface area contributed by atoms with Crippen LogP contribution in [-0.2, 0) is 10.2 Å². The molecule has 1 N–H and O–H groups in total. The van der Waals surface area contributed by atoms with E-state index in [4.69, 9.17) is 0 Å². The molecule has 0 aromatic heterocycles. The Balaban J connectivity index is 1.98. The lowest BCUT2D eigenvalue weighted by atomic mass is 9.65. The highest BCUT2D eigenvalue weighted by atomic mass is 16.2. The molecule has 3 aliphatic rings. The van der Waals surface area contributed by atoms with Gasteiger partial charge in [-0.2, -0.15) is 0 Å². The Labute approximate surface area is 143 Å². The Morgan fingerprint density at radius 1 is 1.25 bits per heavy atom. The van der Waals surface area contributed by atoms with Crippen LogP contribution in [0.5, 0.6) is 0 Å². The van der Waals surface area contributed by atoms with Crippen LogP contribution < -0.4 is 5.32 Å². The van der Waals surface area contributed by atoms with E-state index in [1.807, 2.05) is 30.4 Å². The van der Waals surface area contributed by atoms with Crippen molar-refractivity contribution in [1.29, 1.82) is 0 Å². The standard InChI is InChI=1S/C21H24N2O/c1-4-12-23-13-11-21-15-9-7-8-10-17(15)22-18(24)16(21)14-20(5-2,6-3)19(21)23/h4-10,16,19H,1-3,11-14H2,(H,22,24)/t16-,19+,21+/m1/s1. The van der Waals surface area contributed by atoms with Gasteiger partial charge in [0.1, 0.15) is 0 Å². The molecule has 24 heavy (non-hydrogen) atoms. The topological polar surface area (TPSA) is 32.3 Å². The second kappa shape index (κ2) is 5.18. The summed E-state index contributed by atoms with van der Waals surface area (Å²) in [6.45, 7) is 14.0. The molecule has 1 aromatic carbocycles. The quantitative estimate of drug-likeness (QED) is 0.861. The largest absolute Gasteiger partial charge is 0.326 e. The summed E-state index contributed by atoms with van der Waals surface area (Å²) in [6, 6.07) is 8.49. The van der Waals surface area contributed by atoms with Crippen molar-refractivity contribution >= 4 is 11.6 Å². The molecule has 0 bridgehead atoms. The van der Waals surface area contributed by atoms with Gasteiger partial charge in [0, 0.05) is 29.1 Å². The first-order valence-corrected chi connectivity index (χ1v) is 8.65. The van der Waals surface area contributed by atoms with Crippen LogP contribution >= 0.6 is 0 Å². The number of likely N-dealkylation sites (tertiary alicyclic amines) is 1. The van der Waals surface area contributed by atoms with Crippen LogP contribution in [0.1, 0.15) is 18.4 Å². The van der Waals surface area contributed by atoms with Crippen LogP contribution in [0.3, 0.4) is 0 Å². The molecule has 124 valence electrons. The molecule has 3 nitrogen and oxygen atoms in total. The minimum Gasteiger partial charge on any atom is -0.326 e. The number of fused-ring (bicyclic) bond motifs is 1. The molecule has 0 unspecified atom stereocenters. The van der Waals surface area contributed by atoms with Crippen molar-refractivity contribution in [2.45, 2.75) is 24.3 Å². The molecule has 0 radical (unpaired) electrons. The van der Waals surface area contributed by atoms with E-state index >= 15 is 0 Å². The second-order valence-corrected chi connectivity index (χ2v) is 7.29. The molecule has 2 heterocycles. The fraction of sp³-hybridized carbons (Fsp3) is 0.381. The number of benzene rings is 1. The third kappa shape index (κ3) is 1.68. The van der Waals surface area contributed by atoms with Gasteiger partial charge in [0.25, 0.3) is 0 Å². The lowest BCUT2D eigenvalue weighted by Gasteiger charge is -2.43. The third-order valence-electron chi connectivity index (χ3n) is 6.48. The van der Waals surface area contributed by atoms with Gasteiger partial charge in [0.2, 0.25) is 5.91 Å². The molecule has 3 atom stereocenters. The van der Waals surface area contributed by atoms with Crippen LogP contribution in [0.4, 0.5) is 5.69 Å². The minimum atomic E-state index is -0.251. The highest BCUT2D eigenvalue weighted by molar-refractivity contribution is 5.98. The lowest BCUT2D eigenvalue weighted by Crippen LogP contribution is -2.51. The van der Waals surface area contributed by atoms with E-state index in [1.54, 1.807) is 0 Å². The monoisotopic (exact) mass is 320 g/mol. The maximum atomic E-state index is 12.9. The Hall–Kier alpha value is -2.13. The first kappa shape index (κ1) is 15.4. The Morgan fingerprint density at radius 2 is 2.00 bits per heavy atom. The molecule has 1 saturated heterocycles. The Bertz CT molecular complexity index is 729. The van der Waals surface area contributed by atoms with Crippen molar-refractivity contribution in [2.75, 3.05) is 18.4 Å². The summed E-state index contributed by atoms with van der Waals surface area (Å²) in [5.41, 5.74) is 1.83. The molecule has 1 aromatic rings. The van der Waals surface area contributed by atoms with Gasteiger partial charge in [-0.25, -0.2) is 0 Å². The van der Waals surface area contributed by atoms with Crippen molar-refractivity contribution in [3.63, 3.8) is 0 Å². The fourth-order valence-electron chi connectivity index (χ4n) is 5.60. The third-order valence-corrected chi connectivity index (χ3v) is 6.48. The van der Waals surface area contributed by atoms with Crippen molar-refractivity contribution in [3.8, 4) is 0 Å². The summed E-state index contributed by atoms with van der Waals surface area (Å²) in [4.78, 5) is 15.4. The molecular formula is C21H24N2O. The minimum absolute atomic E-state index is 0.0387. The SMILES string of the molecule is C=CCN1CC[C@]23c4ccccc4NC(=O)[C@H]2CC(C=C)(C=C)[C@H]13. The molecular weight excluding hydrogens is 296 g/mol. The van der Waals surface area contributed by atoms with Gasteiger partial charge in [-0.05, 0) is 31.0 Å². The number of para-hydroxylation sites is 1. The molecule has 3 heteroatoms. The van der Waals surface area contributed by atoms with Crippen LogP contribution in [0.15, 0.2) is 62.2 Å². The summed E-state index contributed by atoms with van der Waals surface area (Å²) in [7, 11) is 0. The van der Waals surface area contributed by atoms with E-state index in [0.717, 1.165) is 31.6 Å². The molecule has 2 fully saturated rings. The van der Waals surface area contributed by atoms with E-state index in [-0.39, 0.29) is 28.7 Å². The normalized spacial score (nSPS) is 33.1. The van der Waals surface area contributed by atoms with E-state index in [9.17, 15) is 4.79 Å². The molecule has 1 amide bonds. The number of nitrogens with zero attached hydrogens (tertiary/aromatic N) is 1. The Morgan fingerprint density at radius 3 is 2.71 bits per heavy atom. The molecule has 1 saturated carbocycles. The van der Waals surface area contributed by atoms with Crippen LogP contribution in [-0.4, -0.2) is 29.9 Å². The van der Waals surface area contributed by atoms with Crippen molar-refractivity contribution < 1.29 is 4.79 Å². The van der Waals surface area contributed by atoms with Crippen LogP contribution in [0, 0.1) is 11.3 Å². The molecule has 2 aliphatic heterocycles. The first-order chi connectivity index (χ1) is 11.6. The summed E-state index contributed by atoms with van der Waals surface area (Å²) >= 11 is 0. The summed E-state index contributed by atoms with van der Waals surface area (Å²) in [5.74, 6) is 0.105. The van der Waals surface area contributed by atoms with Crippen molar-refractivity contribution in [2.24, 2.45) is 11.3 Å². The fourth-order valence-corrected chi connectivity index (χ4v) is 5.60. The van der Waals surface area contributed by atoms with Gasteiger partial charge >= 0.3 is 0 Å². The van der Waals surface area contributed by atoms with Crippen LogP contribution in [0.2, 0.25) is 0 Å². The highest BCUT2D eigenvalue weighted by Gasteiger charge is 2.68.